The highest BCUT2D eigenvalue weighted by Crippen LogP contribution is 2.25. The maximum absolute atomic E-state index is 13.1. The van der Waals surface area contributed by atoms with E-state index in [0.29, 0.717) is 6.54 Å². The average molecular weight is 352 g/mol. The van der Waals surface area contributed by atoms with E-state index < -0.39 is 24.9 Å². The largest absolute Gasteiger partial charge is 0.351 e. The Morgan fingerprint density at radius 1 is 1.20 bits per heavy atom. The van der Waals surface area contributed by atoms with Crippen molar-refractivity contribution in [2.75, 3.05) is 39.8 Å². The first-order valence-electron chi connectivity index (χ1n) is 8.79. The number of carbonyl (C=O) groups is 1. The summed E-state index contributed by atoms with van der Waals surface area (Å²) < 4.78 is 26.3. The normalized spacial score (nSPS) is 24.4. The third-order valence-corrected chi connectivity index (χ3v) is 4.92. The Morgan fingerprint density at radius 3 is 2.44 bits per heavy atom. The van der Waals surface area contributed by atoms with Gasteiger partial charge in [0, 0.05) is 45.7 Å². The van der Waals surface area contributed by atoms with Gasteiger partial charge in [-0.25, -0.2) is 8.78 Å². The van der Waals surface area contributed by atoms with E-state index in [9.17, 15) is 13.6 Å². The summed E-state index contributed by atoms with van der Waals surface area (Å²) in [6, 6.07) is 7.32. The van der Waals surface area contributed by atoms with Gasteiger partial charge in [-0.1, -0.05) is 24.3 Å². The highest BCUT2D eigenvalue weighted by molar-refractivity contribution is 5.82. The van der Waals surface area contributed by atoms with Crippen LogP contribution in [0.5, 0.6) is 0 Å². The van der Waals surface area contributed by atoms with Crippen LogP contribution in [-0.2, 0) is 17.9 Å². The summed E-state index contributed by atoms with van der Waals surface area (Å²) in [5.41, 5.74) is 2.22. The minimum Gasteiger partial charge on any atom is -0.351 e. The van der Waals surface area contributed by atoms with E-state index in [1.807, 2.05) is 12.1 Å². The number of carbonyl (C=O) groups excluding carboxylic acids is 1. The zero-order valence-electron chi connectivity index (χ0n) is 14.6. The summed E-state index contributed by atoms with van der Waals surface area (Å²) in [6.07, 6.45) is -0.428. The van der Waals surface area contributed by atoms with Crippen LogP contribution >= 0.6 is 0 Å². The van der Waals surface area contributed by atoms with Gasteiger partial charge >= 0.3 is 0 Å². The number of nitrogens with one attached hydrogen (secondary N) is 2. The molecule has 1 aromatic rings. The molecule has 5 nitrogen and oxygen atoms in total. The Kier molecular flexibility index (Phi) is 5.66. The molecule has 0 aliphatic carbocycles. The first-order chi connectivity index (χ1) is 11.9. The van der Waals surface area contributed by atoms with Crippen molar-refractivity contribution in [3.8, 4) is 0 Å². The van der Waals surface area contributed by atoms with Crippen LogP contribution in [-0.4, -0.2) is 67.4 Å². The first-order valence-corrected chi connectivity index (χ1v) is 8.79. The number of likely N-dealkylation sites (N-methyl/N-ethyl adjacent to an activating group) is 1. The van der Waals surface area contributed by atoms with Crippen molar-refractivity contribution in [3.05, 3.63) is 35.4 Å². The van der Waals surface area contributed by atoms with Gasteiger partial charge in [0.25, 0.3) is 5.92 Å². The van der Waals surface area contributed by atoms with E-state index in [1.54, 1.807) is 0 Å². The SMILES string of the molecule is CN1CCN(Cc2ccc(CNC(=O)C3CC(F)(F)CN3)cc2)CC1. The van der Waals surface area contributed by atoms with Gasteiger partial charge in [0.05, 0.1) is 12.6 Å². The zero-order valence-corrected chi connectivity index (χ0v) is 14.6. The molecule has 0 radical (unpaired) electrons. The number of amides is 1. The maximum atomic E-state index is 13.1. The Morgan fingerprint density at radius 2 is 1.84 bits per heavy atom. The molecule has 7 heteroatoms. The second kappa shape index (κ2) is 7.76. The summed E-state index contributed by atoms with van der Waals surface area (Å²) >= 11 is 0. The van der Waals surface area contributed by atoms with Gasteiger partial charge in [0.1, 0.15) is 0 Å². The van der Waals surface area contributed by atoms with Crippen molar-refractivity contribution in [2.45, 2.75) is 31.5 Å². The third-order valence-electron chi connectivity index (χ3n) is 4.92. The molecule has 2 N–H and O–H groups in total. The van der Waals surface area contributed by atoms with E-state index in [1.165, 1.54) is 5.56 Å². The standard InChI is InChI=1S/C18H26F2N4O/c1-23-6-8-24(9-7-23)12-15-4-2-14(3-5-15)11-21-17(25)16-10-18(19,20)13-22-16/h2-5,16,22H,6-13H2,1H3,(H,21,25). The van der Waals surface area contributed by atoms with E-state index >= 15 is 0 Å². The van der Waals surface area contributed by atoms with Gasteiger partial charge in [-0.05, 0) is 18.2 Å². The Balaban J connectivity index is 1.44. The second-order valence-electron chi connectivity index (χ2n) is 7.11. The lowest BCUT2D eigenvalue weighted by molar-refractivity contribution is -0.123. The molecule has 0 saturated carbocycles. The summed E-state index contributed by atoms with van der Waals surface area (Å²) in [5, 5.41) is 5.30. The van der Waals surface area contributed by atoms with Crippen LogP contribution < -0.4 is 10.6 Å². The van der Waals surface area contributed by atoms with Crippen molar-refractivity contribution in [2.24, 2.45) is 0 Å². The maximum Gasteiger partial charge on any atom is 0.262 e. The summed E-state index contributed by atoms with van der Waals surface area (Å²) in [5.74, 6) is -3.15. The molecule has 2 aliphatic rings. The van der Waals surface area contributed by atoms with Crippen LogP contribution in [0.3, 0.4) is 0 Å². The predicted molar refractivity (Wildman–Crippen MR) is 92.4 cm³/mol. The quantitative estimate of drug-likeness (QED) is 0.832. The van der Waals surface area contributed by atoms with Crippen LogP contribution in [0, 0.1) is 0 Å². The third kappa shape index (κ3) is 5.20. The fourth-order valence-electron chi connectivity index (χ4n) is 3.24. The lowest BCUT2D eigenvalue weighted by Gasteiger charge is -2.32. The molecule has 25 heavy (non-hydrogen) atoms. The predicted octanol–water partition coefficient (Wildman–Crippen LogP) is 1.05. The summed E-state index contributed by atoms with van der Waals surface area (Å²) in [7, 11) is 2.14. The molecule has 0 aromatic heterocycles. The molecule has 2 heterocycles. The molecular weight excluding hydrogens is 326 g/mol. The van der Waals surface area contributed by atoms with E-state index in [-0.39, 0.29) is 5.91 Å². The number of halogens is 2. The molecule has 2 saturated heterocycles. The molecule has 1 unspecified atom stereocenters. The number of nitrogens with zero attached hydrogens (tertiary/aromatic N) is 2. The molecular formula is C18H26F2N4O. The first kappa shape index (κ1) is 18.2. The van der Waals surface area contributed by atoms with Crippen molar-refractivity contribution in [1.29, 1.82) is 0 Å². The molecule has 1 amide bonds. The minimum atomic E-state index is -2.78. The number of hydrogen-bond donors (Lipinski definition) is 2. The zero-order chi connectivity index (χ0) is 17.9. The number of piperazine rings is 1. The summed E-state index contributed by atoms with van der Waals surface area (Å²) in [6.45, 7) is 5.21. The van der Waals surface area contributed by atoms with Gasteiger partial charge in [-0.3, -0.25) is 15.0 Å². The monoisotopic (exact) mass is 352 g/mol. The number of alkyl halides is 2. The van der Waals surface area contributed by atoms with Crippen LogP contribution in [0.15, 0.2) is 24.3 Å². The van der Waals surface area contributed by atoms with Crippen LogP contribution in [0.1, 0.15) is 17.5 Å². The van der Waals surface area contributed by atoms with Gasteiger partial charge in [0.15, 0.2) is 0 Å². The number of hydrogen-bond acceptors (Lipinski definition) is 4. The van der Waals surface area contributed by atoms with Crippen molar-refractivity contribution in [3.63, 3.8) is 0 Å². The molecule has 1 aromatic carbocycles. The van der Waals surface area contributed by atoms with Crippen LogP contribution in [0.25, 0.3) is 0 Å². The van der Waals surface area contributed by atoms with Crippen LogP contribution in [0.2, 0.25) is 0 Å². The molecule has 2 fully saturated rings. The van der Waals surface area contributed by atoms with E-state index in [4.69, 9.17) is 0 Å². The van der Waals surface area contributed by atoms with Crippen molar-refractivity contribution >= 4 is 5.91 Å². The van der Waals surface area contributed by atoms with Crippen LogP contribution in [0.4, 0.5) is 8.78 Å². The highest BCUT2D eigenvalue weighted by atomic mass is 19.3. The van der Waals surface area contributed by atoms with Gasteiger partial charge in [-0.2, -0.15) is 0 Å². The Bertz CT molecular complexity index is 585. The summed E-state index contributed by atoms with van der Waals surface area (Å²) in [4.78, 5) is 16.7. The van der Waals surface area contributed by atoms with Gasteiger partial charge in [-0.15, -0.1) is 0 Å². The number of rotatable bonds is 5. The molecule has 2 aliphatic heterocycles. The fraction of sp³-hybridized carbons (Fsp3) is 0.611. The Hall–Kier alpha value is -1.57. The topological polar surface area (TPSA) is 47.6 Å². The van der Waals surface area contributed by atoms with Gasteiger partial charge < -0.3 is 10.2 Å². The van der Waals surface area contributed by atoms with Gasteiger partial charge in [0.2, 0.25) is 5.91 Å². The molecule has 0 bridgehead atoms. The lowest BCUT2D eigenvalue weighted by Crippen LogP contribution is -2.43. The van der Waals surface area contributed by atoms with Crippen molar-refractivity contribution in [1.82, 2.24) is 20.4 Å². The van der Waals surface area contributed by atoms with E-state index in [2.05, 4.69) is 39.6 Å². The minimum absolute atomic E-state index is 0.359. The van der Waals surface area contributed by atoms with E-state index in [0.717, 1.165) is 38.3 Å². The molecule has 1 atom stereocenters. The second-order valence-corrected chi connectivity index (χ2v) is 7.11. The average Bonchev–Trinajstić information content (AvgIpc) is 2.96. The fourth-order valence-corrected chi connectivity index (χ4v) is 3.24. The molecule has 3 rings (SSSR count). The lowest BCUT2D eigenvalue weighted by atomic mass is 10.1. The highest BCUT2D eigenvalue weighted by Gasteiger charge is 2.42. The molecule has 0 spiro atoms. The Labute approximate surface area is 147 Å². The van der Waals surface area contributed by atoms with Crippen molar-refractivity contribution < 1.29 is 13.6 Å². The molecule has 138 valence electrons. The smallest absolute Gasteiger partial charge is 0.262 e. The number of benzene rings is 1.